The molecule has 1 saturated heterocycles. The molecule has 0 aliphatic carbocycles. The van der Waals surface area contributed by atoms with Crippen LogP contribution in [-0.4, -0.2) is 45.5 Å². The first kappa shape index (κ1) is 19.9. The lowest BCUT2D eigenvalue weighted by molar-refractivity contribution is -0.137. The van der Waals surface area contributed by atoms with Crippen molar-refractivity contribution in [3.8, 4) is 11.5 Å². The van der Waals surface area contributed by atoms with Crippen LogP contribution in [-0.2, 0) is 17.8 Å². The molecule has 1 aliphatic heterocycles. The molecule has 1 amide bonds. The van der Waals surface area contributed by atoms with E-state index in [2.05, 4.69) is 10.3 Å². The van der Waals surface area contributed by atoms with Gasteiger partial charge >= 0.3 is 0 Å². The van der Waals surface area contributed by atoms with E-state index in [1.165, 1.54) is 0 Å². The fourth-order valence-electron chi connectivity index (χ4n) is 3.46. The minimum atomic E-state index is 0.158. The maximum atomic E-state index is 12.5. The van der Waals surface area contributed by atoms with Crippen LogP contribution in [0.4, 0.5) is 0 Å². The molecule has 0 radical (unpaired) electrons. The van der Waals surface area contributed by atoms with Gasteiger partial charge in [0.25, 0.3) is 0 Å². The number of carbonyl (C=O) groups excluding carboxylic acids is 1. The summed E-state index contributed by atoms with van der Waals surface area (Å²) < 4.78 is 13.2. The fourth-order valence-corrected chi connectivity index (χ4v) is 3.46. The van der Waals surface area contributed by atoms with Crippen LogP contribution in [0.2, 0.25) is 0 Å². The van der Waals surface area contributed by atoms with E-state index in [0.29, 0.717) is 39.1 Å². The van der Waals surface area contributed by atoms with Crippen molar-refractivity contribution >= 4 is 5.91 Å². The molecule has 0 atom stereocenters. The van der Waals surface area contributed by atoms with Gasteiger partial charge in [0.1, 0.15) is 23.8 Å². The third-order valence-corrected chi connectivity index (χ3v) is 5.16. The summed E-state index contributed by atoms with van der Waals surface area (Å²) in [5.74, 6) is 1.82. The molecule has 2 aromatic carbocycles. The highest BCUT2D eigenvalue weighted by atomic mass is 16.5. The number of aromatic nitrogens is 3. The average Bonchev–Trinajstić information content (AvgIpc) is 3.20. The predicted molar refractivity (Wildman–Crippen MR) is 112 cm³/mol. The number of ether oxygens (including phenoxy) is 2. The van der Waals surface area contributed by atoms with Crippen molar-refractivity contribution in [2.24, 2.45) is 0 Å². The van der Waals surface area contributed by atoms with E-state index >= 15 is 0 Å². The van der Waals surface area contributed by atoms with Crippen LogP contribution >= 0.6 is 0 Å². The molecule has 0 saturated carbocycles. The lowest BCUT2D eigenvalue weighted by Crippen LogP contribution is -2.51. The third-order valence-electron chi connectivity index (χ3n) is 5.16. The van der Waals surface area contributed by atoms with Crippen molar-refractivity contribution in [1.29, 1.82) is 0 Å². The maximum Gasteiger partial charge on any atom is 0.223 e. The van der Waals surface area contributed by atoms with Crippen molar-refractivity contribution < 1.29 is 14.3 Å². The summed E-state index contributed by atoms with van der Waals surface area (Å²) >= 11 is 0. The molecule has 30 heavy (non-hydrogen) atoms. The van der Waals surface area contributed by atoms with E-state index < -0.39 is 0 Å². The Labute approximate surface area is 176 Å². The van der Waals surface area contributed by atoms with Gasteiger partial charge in [0.05, 0.1) is 18.8 Å². The number of rotatable bonds is 9. The molecular weight excluding hydrogens is 380 g/mol. The zero-order valence-corrected chi connectivity index (χ0v) is 17.1. The molecule has 0 unspecified atom stereocenters. The van der Waals surface area contributed by atoms with Gasteiger partial charge in [-0.3, -0.25) is 4.79 Å². The first-order chi connectivity index (χ1) is 14.7. The topological polar surface area (TPSA) is 69.5 Å². The highest BCUT2D eigenvalue weighted by Crippen LogP contribution is 2.24. The number of aryl methyl sites for hydroxylation is 1. The Kier molecular flexibility index (Phi) is 6.27. The van der Waals surface area contributed by atoms with Crippen molar-refractivity contribution in [2.75, 3.05) is 19.7 Å². The molecule has 3 aromatic rings. The van der Waals surface area contributed by atoms with E-state index in [-0.39, 0.29) is 11.9 Å². The second-order valence-electron chi connectivity index (χ2n) is 7.28. The van der Waals surface area contributed by atoms with E-state index in [9.17, 15) is 4.79 Å². The van der Waals surface area contributed by atoms with Crippen LogP contribution in [0.5, 0.6) is 11.5 Å². The maximum absolute atomic E-state index is 12.5. The molecular formula is C23H26N4O3. The van der Waals surface area contributed by atoms with Gasteiger partial charge in [-0.15, -0.1) is 5.10 Å². The molecule has 0 N–H and O–H groups in total. The fraction of sp³-hybridized carbons (Fsp3) is 0.348. The quantitative estimate of drug-likeness (QED) is 0.546. The van der Waals surface area contributed by atoms with Crippen LogP contribution in [0.3, 0.4) is 0 Å². The number of para-hydroxylation sites is 2. The van der Waals surface area contributed by atoms with Gasteiger partial charge in [-0.2, -0.15) is 0 Å². The van der Waals surface area contributed by atoms with Crippen LogP contribution in [0.1, 0.15) is 30.6 Å². The number of hydrogen-bond acceptors (Lipinski definition) is 5. The number of carbonyl (C=O) groups is 1. The van der Waals surface area contributed by atoms with E-state index in [0.717, 1.165) is 22.8 Å². The molecule has 0 bridgehead atoms. The molecule has 156 valence electrons. The summed E-state index contributed by atoms with van der Waals surface area (Å²) in [6.07, 6.45) is 3.05. The van der Waals surface area contributed by atoms with Crippen LogP contribution in [0.25, 0.3) is 0 Å². The number of nitrogens with zero attached hydrogens (tertiary/aromatic N) is 4. The standard InChI is InChI=1S/C23H26N4O3/c1-2-29-22-11-7-6-8-18(22)12-13-23(28)26-15-20(16-26)27-14-19(24-25-27)17-30-21-9-4-3-5-10-21/h3-11,14,20H,2,12-13,15-17H2,1H3. The largest absolute Gasteiger partial charge is 0.494 e. The molecule has 2 heterocycles. The Morgan fingerprint density at radius 2 is 1.83 bits per heavy atom. The highest BCUT2D eigenvalue weighted by molar-refractivity contribution is 5.77. The van der Waals surface area contributed by atoms with Crippen LogP contribution < -0.4 is 9.47 Å². The van der Waals surface area contributed by atoms with Crippen LogP contribution in [0, 0.1) is 0 Å². The normalized spacial score (nSPS) is 13.7. The summed E-state index contributed by atoms with van der Waals surface area (Å²) in [7, 11) is 0. The van der Waals surface area contributed by atoms with Crippen LogP contribution in [0.15, 0.2) is 60.8 Å². The summed E-state index contributed by atoms with van der Waals surface area (Å²) in [6.45, 7) is 4.28. The highest BCUT2D eigenvalue weighted by Gasteiger charge is 2.32. The monoisotopic (exact) mass is 406 g/mol. The van der Waals surface area contributed by atoms with Crippen molar-refractivity contribution in [3.05, 3.63) is 72.1 Å². The van der Waals surface area contributed by atoms with Gasteiger partial charge in [-0.25, -0.2) is 4.68 Å². The smallest absolute Gasteiger partial charge is 0.223 e. The number of amides is 1. The Bertz CT molecular complexity index is 967. The van der Waals surface area contributed by atoms with E-state index in [1.807, 2.05) is 77.3 Å². The molecule has 4 rings (SSSR count). The van der Waals surface area contributed by atoms with Gasteiger partial charge in [0.2, 0.25) is 5.91 Å². The van der Waals surface area contributed by atoms with Gasteiger partial charge in [-0.05, 0) is 37.1 Å². The zero-order valence-electron chi connectivity index (χ0n) is 17.1. The SMILES string of the molecule is CCOc1ccccc1CCC(=O)N1CC(n2cc(COc3ccccc3)nn2)C1. The Morgan fingerprint density at radius 3 is 2.63 bits per heavy atom. The first-order valence-corrected chi connectivity index (χ1v) is 10.3. The zero-order chi connectivity index (χ0) is 20.8. The molecule has 1 fully saturated rings. The molecule has 0 spiro atoms. The van der Waals surface area contributed by atoms with Gasteiger partial charge in [-0.1, -0.05) is 41.6 Å². The number of hydrogen-bond donors (Lipinski definition) is 0. The van der Waals surface area contributed by atoms with Crippen molar-refractivity contribution in [3.63, 3.8) is 0 Å². The van der Waals surface area contributed by atoms with Gasteiger partial charge < -0.3 is 14.4 Å². The lowest BCUT2D eigenvalue weighted by atomic mass is 10.0. The summed E-state index contributed by atoms with van der Waals surface area (Å²) in [5.41, 5.74) is 1.85. The summed E-state index contributed by atoms with van der Waals surface area (Å²) in [6, 6.07) is 17.7. The molecule has 1 aliphatic rings. The second-order valence-corrected chi connectivity index (χ2v) is 7.28. The van der Waals surface area contributed by atoms with E-state index in [4.69, 9.17) is 9.47 Å². The minimum absolute atomic E-state index is 0.158. The molecule has 7 nitrogen and oxygen atoms in total. The van der Waals surface area contributed by atoms with Gasteiger partial charge in [0, 0.05) is 19.5 Å². The number of likely N-dealkylation sites (tertiary alicyclic amines) is 1. The van der Waals surface area contributed by atoms with Gasteiger partial charge in [0.15, 0.2) is 0 Å². The Balaban J connectivity index is 1.23. The van der Waals surface area contributed by atoms with Crippen molar-refractivity contribution in [1.82, 2.24) is 19.9 Å². The minimum Gasteiger partial charge on any atom is -0.494 e. The Hall–Kier alpha value is -3.35. The van der Waals surface area contributed by atoms with Crippen molar-refractivity contribution in [2.45, 2.75) is 32.4 Å². The first-order valence-electron chi connectivity index (χ1n) is 10.3. The predicted octanol–water partition coefficient (Wildman–Crippen LogP) is 3.27. The Morgan fingerprint density at radius 1 is 1.07 bits per heavy atom. The van der Waals surface area contributed by atoms with E-state index in [1.54, 1.807) is 0 Å². The summed E-state index contributed by atoms with van der Waals surface area (Å²) in [5, 5.41) is 8.38. The molecule has 1 aromatic heterocycles. The summed E-state index contributed by atoms with van der Waals surface area (Å²) in [4.78, 5) is 14.4. The third kappa shape index (κ3) is 4.79. The second kappa shape index (κ2) is 9.43. The molecule has 7 heteroatoms. The number of benzene rings is 2. The average molecular weight is 406 g/mol. The lowest BCUT2D eigenvalue weighted by Gasteiger charge is -2.39.